The SMILES string of the molecule is CC(C)=CCN1Cc2c(OCCOCCOCCOCCOCCOCCOC(=O)CCc3cn([C@H]4C[C@H](O[Si](C)(C)C(C)(C)C)[C@@H](CO[Si](C)(C)C(C)(C)C)O4)c(=O)[nH]c3=O)ccc3[nH]c(=S)n(c23)C[C@@H]1C. The molecule has 0 spiro atoms. The fraction of sp³-hybridized carbons (Fsp3) is 0.731. The number of allylic oxidation sites excluding steroid dienone is 1. The van der Waals surface area contributed by atoms with Crippen molar-refractivity contribution in [3.05, 3.63) is 66.7 Å². The third-order valence-electron chi connectivity index (χ3n) is 14.4. The van der Waals surface area contributed by atoms with Crippen LogP contribution in [0.15, 0.2) is 39.6 Å². The summed E-state index contributed by atoms with van der Waals surface area (Å²) in [4.78, 5) is 46.8. The minimum atomic E-state index is -2.22. The van der Waals surface area contributed by atoms with Crippen molar-refractivity contribution in [2.24, 2.45) is 0 Å². The first-order valence-electron chi connectivity index (χ1n) is 26.0. The standard InChI is InChI=1S/C52H87N5O13SSi2/c1-37(2)18-19-55-35-40-42(16-15-41-47(40)57(33-38(55)3)50(71)53-41)66-30-28-64-26-24-62-22-20-61-21-23-63-25-27-65-29-31-67-46(58)17-14-39-34-56(49(60)54-48(39)59)45-32-43(70-73(12,13)52(7,8)9)44(69-45)36-68-72(10,11)51(4,5)6/h15-16,18,34,38,43-45H,14,17,19-33,35-36H2,1-13H3,(H,53,71)(H,54,59,60)/t38-,43-,44+,45+/m0/s1. The molecular weight excluding hydrogens is 991 g/mol. The molecule has 412 valence electrons. The Kier molecular flexibility index (Phi) is 22.9. The Balaban J connectivity index is 0.894. The van der Waals surface area contributed by atoms with E-state index < -0.39 is 46.2 Å². The molecule has 2 aliphatic rings. The summed E-state index contributed by atoms with van der Waals surface area (Å²) in [6.07, 6.45) is 2.82. The van der Waals surface area contributed by atoms with Crippen molar-refractivity contribution in [2.75, 3.05) is 92.4 Å². The highest BCUT2D eigenvalue weighted by atomic mass is 32.1. The number of benzene rings is 1. The van der Waals surface area contributed by atoms with Crippen LogP contribution in [0.1, 0.15) is 92.5 Å². The molecule has 21 heteroatoms. The fourth-order valence-electron chi connectivity index (χ4n) is 7.90. The molecule has 3 aromatic rings. The van der Waals surface area contributed by atoms with Crippen LogP contribution >= 0.6 is 12.2 Å². The molecule has 2 N–H and O–H groups in total. The van der Waals surface area contributed by atoms with E-state index in [1.54, 1.807) is 0 Å². The van der Waals surface area contributed by atoms with Crippen molar-refractivity contribution >= 4 is 45.9 Å². The van der Waals surface area contributed by atoms with Gasteiger partial charge in [-0.25, -0.2) is 4.79 Å². The second kappa shape index (κ2) is 27.6. The van der Waals surface area contributed by atoms with Crippen LogP contribution in [0.25, 0.3) is 11.0 Å². The molecule has 1 aromatic carbocycles. The van der Waals surface area contributed by atoms with Crippen LogP contribution in [-0.4, -0.2) is 157 Å². The summed E-state index contributed by atoms with van der Waals surface area (Å²) in [5.41, 5.74) is 3.72. The van der Waals surface area contributed by atoms with Crippen molar-refractivity contribution < 1.29 is 51.5 Å². The number of carbonyl (C=O) groups is 1. The van der Waals surface area contributed by atoms with Gasteiger partial charge in [-0.05, 0) is 87.8 Å². The number of nitrogens with zero attached hydrogens (tertiary/aromatic N) is 3. The van der Waals surface area contributed by atoms with Gasteiger partial charge in [0.1, 0.15) is 31.3 Å². The van der Waals surface area contributed by atoms with Crippen LogP contribution in [0.3, 0.4) is 0 Å². The molecular formula is C52H87N5O13SSi2. The number of H-pyrrole nitrogens is 2. The molecule has 1 saturated heterocycles. The Hall–Kier alpha value is -3.33. The summed E-state index contributed by atoms with van der Waals surface area (Å²) in [7, 11) is -4.32. The van der Waals surface area contributed by atoms with Gasteiger partial charge < -0.3 is 56.3 Å². The van der Waals surface area contributed by atoms with Gasteiger partial charge in [0, 0.05) is 55.8 Å². The summed E-state index contributed by atoms with van der Waals surface area (Å²) in [5.74, 6) is 0.365. The number of esters is 1. The predicted octanol–water partition coefficient (Wildman–Crippen LogP) is 8.06. The molecule has 4 atom stereocenters. The number of imidazole rings is 1. The Morgan fingerprint density at radius 3 is 1.97 bits per heavy atom. The van der Waals surface area contributed by atoms with Crippen LogP contribution < -0.4 is 16.0 Å². The number of aryl methyl sites for hydroxylation is 1. The molecule has 0 radical (unpaired) electrons. The third kappa shape index (κ3) is 17.9. The molecule has 0 saturated carbocycles. The molecule has 0 unspecified atom stereocenters. The summed E-state index contributed by atoms with van der Waals surface area (Å²) < 4.78 is 64.0. The maximum atomic E-state index is 13.2. The normalized spacial score (nSPS) is 18.9. The Morgan fingerprint density at radius 1 is 0.822 bits per heavy atom. The van der Waals surface area contributed by atoms with Gasteiger partial charge in [0.05, 0.1) is 89.8 Å². The lowest BCUT2D eigenvalue weighted by Gasteiger charge is -2.40. The van der Waals surface area contributed by atoms with E-state index in [9.17, 15) is 14.4 Å². The zero-order valence-electron chi connectivity index (χ0n) is 46.1. The number of carbonyl (C=O) groups excluding carboxylic acids is 1. The van der Waals surface area contributed by atoms with Gasteiger partial charge in [0.2, 0.25) is 0 Å². The molecule has 5 rings (SSSR count). The first kappa shape index (κ1) is 60.5. The highest BCUT2D eigenvalue weighted by Crippen LogP contribution is 2.42. The van der Waals surface area contributed by atoms with Crippen LogP contribution in [0.4, 0.5) is 0 Å². The topological polar surface area (TPSA) is 188 Å². The molecule has 0 aliphatic carbocycles. The molecule has 2 aromatic heterocycles. The van der Waals surface area contributed by atoms with Crippen LogP contribution in [-0.2, 0) is 66.3 Å². The van der Waals surface area contributed by atoms with Gasteiger partial charge in [-0.1, -0.05) is 53.2 Å². The predicted molar refractivity (Wildman–Crippen MR) is 290 cm³/mol. The molecule has 4 heterocycles. The molecule has 1 fully saturated rings. The van der Waals surface area contributed by atoms with E-state index in [0.29, 0.717) is 85.1 Å². The Morgan fingerprint density at radius 2 is 1.40 bits per heavy atom. The summed E-state index contributed by atoms with van der Waals surface area (Å²) >= 11 is 5.68. The average Bonchev–Trinajstić information content (AvgIpc) is 3.79. The van der Waals surface area contributed by atoms with E-state index >= 15 is 0 Å². The molecule has 0 bridgehead atoms. The Bertz CT molecular complexity index is 2440. The fourth-order valence-corrected chi connectivity index (χ4v) is 10.5. The molecule has 18 nitrogen and oxygen atoms in total. The van der Waals surface area contributed by atoms with Crippen LogP contribution in [0, 0.1) is 4.77 Å². The number of aromatic nitrogens is 4. The van der Waals surface area contributed by atoms with Gasteiger partial charge in [0.15, 0.2) is 21.4 Å². The largest absolute Gasteiger partial charge is 0.491 e. The van der Waals surface area contributed by atoms with E-state index in [1.165, 1.54) is 16.3 Å². The number of hydrogen-bond acceptors (Lipinski definition) is 15. The van der Waals surface area contributed by atoms with Crippen molar-refractivity contribution in [3.8, 4) is 5.75 Å². The number of hydrogen-bond donors (Lipinski definition) is 2. The molecule has 0 amide bonds. The van der Waals surface area contributed by atoms with E-state index in [-0.39, 0.29) is 47.8 Å². The second-order valence-electron chi connectivity index (χ2n) is 22.3. The van der Waals surface area contributed by atoms with Gasteiger partial charge >= 0.3 is 11.7 Å². The third-order valence-corrected chi connectivity index (χ3v) is 23.8. The maximum Gasteiger partial charge on any atom is 0.330 e. The Labute approximate surface area is 439 Å². The monoisotopic (exact) mass is 1080 g/mol. The zero-order valence-corrected chi connectivity index (χ0v) is 48.9. The van der Waals surface area contributed by atoms with Crippen LogP contribution in [0.5, 0.6) is 5.75 Å². The first-order valence-corrected chi connectivity index (χ1v) is 32.2. The van der Waals surface area contributed by atoms with E-state index in [2.05, 4.69) is 114 Å². The average molecular weight is 1080 g/mol. The van der Waals surface area contributed by atoms with Crippen molar-refractivity contribution in [2.45, 2.75) is 155 Å². The van der Waals surface area contributed by atoms with Crippen LogP contribution in [0.2, 0.25) is 36.3 Å². The summed E-state index contributed by atoms with van der Waals surface area (Å²) in [6, 6.07) is 4.37. The molecule has 73 heavy (non-hydrogen) atoms. The van der Waals surface area contributed by atoms with Gasteiger partial charge in [-0.15, -0.1) is 0 Å². The summed E-state index contributed by atoms with van der Waals surface area (Å²) in [6.45, 7) is 35.6. The molecule has 2 aliphatic heterocycles. The minimum Gasteiger partial charge on any atom is -0.491 e. The summed E-state index contributed by atoms with van der Waals surface area (Å²) in [5, 5.41) is -0.0284. The van der Waals surface area contributed by atoms with E-state index in [0.717, 1.165) is 46.8 Å². The van der Waals surface area contributed by atoms with E-state index in [1.807, 2.05) is 12.1 Å². The van der Waals surface area contributed by atoms with Crippen molar-refractivity contribution in [3.63, 3.8) is 0 Å². The highest BCUT2D eigenvalue weighted by molar-refractivity contribution is 7.71. The zero-order chi connectivity index (χ0) is 53.6. The smallest absolute Gasteiger partial charge is 0.330 e. The lowest BCUT2D eigenvalue weighted by atomic mass is 10.1. The lowest BCUT2D eigenvalue weighted by molar-refractivity contribution is -0.145. The second-order valence-corrected chi connectivity index (χ2v) is 32.3. The van der Waals surface area contributed by atoms with E-state index in [4.69, 9.17) is 59.0 Å². The van der Waals surface area contributed by atoms with Gasteiger partial charge in [-0.3, -0.25) is 24.0 Å². The first-order chi connectivity index (χ1) is 34.4. The van der Waals surface area contributed by atoms with Crippen molar-refractivity contribution in [1.29, 1.82) is 0 Å². The van der Waals surface area contributed by atoms with Gasteiger partial charge in [-0.2, -0.15) is 0 Å². The van der Waals surface area contributed by atoms with Crippen molar-refractivity contribution in [1.82, 2.24) is 24.0 Å². The minimum absolute atomic E-state index is 0.00801. The maximum absolute atomic E-state index is 13.2. The number of nitrogens with one attached hydrogen (secondary N) is 2. The number of aromatic amines is 2. The highest BCUT2D eigenvalue weighted by Gasteiger charge is 2.47. The number of rotatable bonds is 30. The quantitative estimate of drug-likeness (QED) is 0.0214. The number of ether oxygens (including phenoxy) is 8. The lowest BCUT2D eigenvalue weighted by Crippen LogP contribution is -2.48. The van der Waals surface area contributed by atoms with Gasteiger partial charge in [0.25, 0.3) is 5.56 Å².